The molecule has 0 radical (unpaired) electrons. The van der Waals surface area contributed by atoms with Crippen LogP contribution in [0.1, 0.15) is 131 Å². The van der Waals surface area contributed by atoms with Gasteiger partial charge in [0.25, 0.3) is 11.8 Å². The molecule has 314 valence electrons. The summed E-state index contributed by atoms with van der Waals surface area (Å²) >= 11 is 0. The second-order valence-corrected chi connectivity index (χ2v) is 19.2. The zero-order valence-corrected chi connectivity index (χ0v) is 34.7. The summed E-state index contributed by atoms with van der Waals surface area (Å²) in [6.45, 7) is 4.71. The predicted molar refractivity (Wildman–Crippen MR) is 231 cm³/mol. The van der Waals surface area contributed by atoms with Gasteiger partial charge in [-0.05, 0) is 154 Å². The Morgan fingerprint density at radius 1 is 0.689 bits per heavy atom. The molecule has 3 saturated heterocycles. The number of nitrogens with one attached hydrogen (secondary N) is 1. The van der Waals surface area contributed by atoms with Crippen LogP contribution in [-0.2, 0) is 21.4 Å². The number of anilines is 1. The van der Waals surface area contributed by atoms with Gasteiger partial charge in [0, 0.05) is 48.1 Å². The number of aromatic hydroxyl groups is 1. The number of ether oxygens (including phenoxy) is 1. The van der Waals surface area contributed by atoms with Crippen LogP contribution in [0.25, 0.3) is 0 Å². The zero-order chi connectivity index (χ0) is 41.5. The number of nitrogens with zero attached hydrogens (tertiary/aromatic N) is 3. The van der Waals surface area contributed by atoms with Crippen LogP contribution in [0.4, 0.5) is 5.69 Å². The van der Waals surface area contributed by atoms with E-state index in [4.69, 9.17) is 4.74 Å². The van der Waals surface area contributed by atoms with E-state index in [2.05, 4.69) is 75.8 Å². The maximum atomic E-state index is 13.6. The summed E-state index contributed by atoms with van der Waals surface area (Å²) in [6, 6.07) is 29.5. The third-order valence-corrected chi connectivity index (χ3v) is 16.2. The standard InChI is InChI=1S/C51H54N4O6/c56-37-11-13-39-34(28-37)8-12-38(32-4-2-1-3-5-32)46(39)33-6-9-35(10-7-33)53-24-20-50(21-25-53)18-16-36(17-19-50)54-26-22-51(23-27-54)31-61-44-30-41-40(29-42(44)51)48(59)55(49(41)60)43-14-15-45(57)52-47(43)58/h1-7,9-11,13,28-30,36,38,43,46,56H,8,12,14-27,31H2,(H,52,57,58)/t38-,43?,46+/m1/s1. The van der Waals surface area contributed by atoms with Crippen LogP contribution < -0.4 is 15.0 Å². The summed E-state index contributed by atoms with van der Waals surface area (Å²) in [5.74, 6) is -0.248. The Labute approximate surface area is 357 Å². The van der Waals surface area contributed by atoms with E-state index in [1.165, 1.54) is 66.5 Å². The van der Waals surface area contributed by atoms with Crippen LogP contribution in [0.3, 0.4) is 0 Å². The number of likely N-dealkylation sites (tertiary alicyclic amines) is 1. The molecule has 2 N–H and O–H groups in total. The maximum Gasteiger partial charge on any atom is 0.262 e. The van der Waals surface area contributed by atoms with Gasteiger partial charge in [0.05, 0.1) is 17.7 Å². The van der Waals surface area contributed by atoms with Crippen molar-refractivity contribution in [1.29, 1.82) is 0 Å². The Bertz CT molecular complexity index is 2400. The molecule has 4 amide bonds. The zero-order valence-electron chi connectivity index (χ0n) is 34.7. The number of phenolic OH excluding ortho intramolecular Hbond substituents is 1. The summed E-state index contributed by atoms with van der Waals surface area (Å²) in [6.07, 6.45) is 11.7. The molecule has 10 nitrogen and oxygen atoms in total. The minimum Gasteiger partial charge on any atom is -0.508 e. The van der Waals surface area contributed by atoms with Crippen molar-refractivity contribution in [1.82, 2.24) is 15.1 Å². The first kappa shape index (κ1) is 38.4. The van der Waals surface area contributed by atoms with Crippen molar-refractivity contribution in [2.75, 3.05) is 37.7 Å². The maximum absolute atomic E-state index is 13.6. The van der Waals surface area contributed by atoms with Crippen LogP contribution in [0.5, 0.6) is 11.5 Å². The molecular weight excluding hydrogens is 765 g/mol. The van der Waals surface area contributed by atoms with Gasteiger partial charge in [-0.1, -0.05) is 48.5 Å². The minimum absolute atomic E-state index is 0.0985. The molecular formula is C51H54N4O6. The summed E-state index contributed by atoms with van der Waals surface area (Å²) in [5.41, 5.74) is 8.51. The Hall–Kier alpha value is -5.48. The smallest absolute Gasteiger partial charge is 0.262 e. The molecule has 1 unspecified atom stereocenters. The molecule has 7 aliphatic rings. The number of carbonyl (C=O) groups excluding carboxylic acids is 4. The lowest BCUT2D eigenvalue weighted by Gasteiger charge is -2.50. The fourth-order valence-corrected chi connectivity index (χ4v) is 12.5. The van der Waals surface area contributed by atoms with Crippen molar-refractivity contribution >= 4 is 29.3 Å². The Balaban J connectivity index is 0.705. The van der Waals surface area contributed by atoms with Crippen LogP contribution in [-0.4, -0.2) is 83.4 Å². The van der Waals surface area contributed by atoms with Crippen molar-refractivity contribution in [3.05, 3.63) is 124 Å². The van der Waals surface area contributed by atoms with E-state index in [-0.39, 0.29) is 35.6 Å². The predicted octanol–water partition coefficient (Wildman–Crippen LogP) is 7.61. The van der Waals surface area contributed by atoms with E-state index in [0.717, 1.165) is 62.3 Å². The van der Waals surface area contributed by atoms with Crippen molar-refractivity contribution in [3.63, 3.8) is 0 Å². The normalized spacial score (nSPS) is 25.9. The first-order valence-corrected chi connectivity index (χ1v) is 22.7. The minimum atomic E-state index is -0.976. The molecule has 5 aliphatic heterocycles. The van der Waals surface area contributed by atoms with E-state index in [0.29, 0.717) is 41.0 Å². The largest absolute Gasteiger partial charge is 0.508 e. The fraction of sp³-hybridized carbons (Fsp3) is 0.451. The van der Waals surface area contributed by atoms with Gasteiger partial charge < -0.3 is 19.6 Å². The molecule has 61 heavy (non-hydrogen) atoms. The number of rotatable bonds is 5. The molecule has 1 saturated carbocycles. The summed E-state index contributed by atoms with van der Waals surface area (Å²) in [5, 5.41) is 12.6. The topological polar surface area (TPSA) is 119 Å². The molecule has 3 atom stereocenters. The van der Waals surface area contributed by atoms with Gasteiger partial charge in [0.2, 0.25) is 11.8 Å². The van der Waals surface area contributed by atoms with Gasteiger partial charge in [0.1, 0.15) is 17.5 Å². The Morgan fingerprint density at radius 2 is 1.41 bits per heavy atom. The van der Waals surface area contributed by atoms with Crippen LogP contribution in [0, 0.1) is 5.41 Å². The van der Waals surface area contributed by atoms with Crippen molar-refractivity contribution in [2.24, 2.45) is 5.41 Å². The molecule has 4 fully saturated rings. The van der Waals surface area contributed by atoms with Gasteiger partial charge in [-0.2, -0.15) is 0 Å². The molecule has 11 rings (SSSR count). The summed E-state index contributed by atoms with van der Waals surface area (Å²) < 4.78 is 6.25. The summed E-state index contributed by atoms with van der Waals surface area (Å²) in [4.78, 5) is 57.7. The number of hydrogen-bond donors (Lipinski definition) is 2. The second-order valence-electron chi connectivity index (χ2n) is 19.2. The highest BCUT2D eigenvalue weighted by atomic mass is 16.5. The second kappa shape index (κ2) is 14.9. The fourth-order valence-electron chi connectivity index (χ4n) is 12.5. The van der Waals surface area contributed by atoms with Crippen molar-refractivity contribution < 1.29 is 29.0 Å². The monoisotopic (exact) mass is 818 g/mol. The number of amides is 4. The lowest BCUT2D eigenvalue weighted by molar-refractivity contribution is -0.136. The number of imide groups is 2. The lowest BCUT2D eigenvalue weighted by atomic mass is 9.66. The Morgan fingerprint density at radius 3 is 2.13 bits per heavy atom. The van der Waals surface area contributed by atoms with E-state index in [1.54, 1.807) is 6.07 Å². The van der Waals surface area contributed by atoms with Gasteiger partial charge in [-0.3, -0.25) is 29.4 Å². The summed E-state index contributed by atoms with van der Waals surface area (Å²) in [7, 11) is 0. The number of benzene rings is 4. The first-order chi connectivity index (χ1) is 29.7. The molecule has 10 heteroatoms. The lowest BCUT2D eigenvalue weighted by Crippen LogP contribution is -2.54. The highest BCUT2D eigenvalue weighted by Gasteiger charge is 2.50. The first-order valence-electron chi connectivity index (χ1n) is 22.7. The van der Waals surface area contributed by atoms with Crippen molar-refractivity contribution in [3.8, 4) is 11.5 Å². The quantitative estimate of drug-likeness (QED) is 0.198. The molecule has 2 spiro atoms. The highest BCUT2D eigenvalue weighted by molar-refractivity contribution is 6.23. The van der Waals surface area contributed by atoms with Gasteiger partial charge in [-0.25, -0.2) is 0 Å². The average Bonchev–Trinajstić information content (AvgIpc) is 3.75. The van der Waals surface area contributed by atoms with E-state index in [1.807, 2.05) is 18.2 Å². The number of fused-ring (bicyclic) bond motifs is 4. The van der Waals surface area contributed by atoms with Gasteiger partial charge >= 0.3 is 0 Å². The van der Waals surface area contributed by atoms with Crippen LogP contribution >= 0.6 is 0 Å². The average molecular weight is 819 g/mol. The molecule has 4 aromatic rings. The van der Waals surface area contributed by atoms with E-state index >= 15 is 0 Å². The molecule has 4 aromatic carbocycles. The molecule has 0 bridgehead atoms. The molecule has 5 heterocycles. The number of hydrogen-bond acceptors (Lipinski definition) is 8. The van der Waals surface area contributed by atoms with Gasteiger partial charge in [0.15, 0.2) is 0 Å². The SMILES string of the molecule is O=C1CCC(N2C(=O)c3cc4c(cc3C2=O)C2(CCN(C3CCC5(CC3)CCN(c3ccc([C@@H]6c7ccc(O)cc7CC[C@@H]6c6ccccc6)cc3)CC5)CC2)CO4)C(=O)N1. The van der Waals surface area contributed by atoms with Crippen LogP contribution in [0.15, 0.2) is 84.9 Å². The number of piperidine rings is 3. The van der Waals surface area contributed by atoms with Crippen LogP contribution in [0.2, 0.25) is 0 Å². The molecule has 0 aromatic heterocycles. The Kier molecular flexibility index (Phi) is 9.36. The third-order valence-electron chi connectivity index (χ3n) is 16.2. The van der Waals surface area contributed by atoms with E-state index in [9.17, 15) is 24.3 Å². The molecule has 2 aliphatic carbocycles. The number of aryl methyl sites for hydroxylation is 1. The number of phenols is 1. The third kappa shape index (κ3) is 6.55. The van der Waals surface area contributed by atoms with Crippen molar-refractivity contribution in [2.45, 2.75) is 106 Å². The van der Waals surface area contributed by atoms with E-state index < -0.39 is 23.8 Å². The van der Waals surface area contributed by atoms with Gasteiger partial charge in [-0.15, -0.1) is 0 Å². The number of carbonyl (C=O) groups is 4. The highest BCUT2D eigenvalue weighted by Crippen LogP contribution is 2.51.